The first kappa shape index (κ1) is 20.2. The topological polar surface area (TPSA) is 82.7 Å². The van der Waals surface area contributed by atoms with E-state index in [0.29, 0.717) is 41.1 Å². The van der Waals surface area contributed by atoms with Gasteiger partial charge in [0.15, 0.2) is 11.5 Å². The molecule has 1 aliphatic heterocycles. The first-order chi connectivity index (χ1) is 14.7. The molecule has 8 heteroatoms. The summed E-state index contributed by atoms with van der Waals surface area (Å²) >= 11 is 0. The molecule has 0 amide bonds. The molecule has 1 aromatic carbocycles. The summed E-state index contributed by atoms with van der Waals surface area (Å²) in [7, 11) is 4.73. The minimum Gasteiger partial charge on any atom is -0.493 e. The Morgan fingerprint density at radius 3 is 2.63 bits per heavy atom. The van der Waals surface area contributed by atoms with E-state index in [4.69, 9.17) is 18.7 Å². The van der Waals surface area contributed by atoms with Gasteiger partial charge in [-0.1, -0.05) is 17.6 Å². The molecule has 0 saturated carbocycles. The molecule has 0 bridgehead atoms. The summed E-state index contributed by atoms with van der Waals surface area (Å²) in [5, 5.41) is 4.18. The predicted octanol–water partition coefficient (Wildman–Crippen LogP) is 3.88. The second-order valence-electron chi connectivity index (χ2n) is 7.13. The fourth-order valence-electron chi connectivity index (χ4n) is 3.97. The number of ether oxygens (including phenoxy) is 3. The zero-order valence-corrected chi connectivity index (χ0v) is 17.5. The number of likely N-dealkylation sites (tertiary alicyclic amines) is 1. The van der Waals surface area contributed by atoms with Crippen molar-refractivity contribution in [3.8, 4) is 28.6 Å². The maximum absolute atomic E-state index is 5.58. The number of aromatic nitrogens is 3. The molecule has 1 saturated heterocycles. The maximum Gasteiger partial charge on any atom is 0.241 e. The SMILES string of the molecule is COc1ccc(-c2noc(CN3CCCC[C@H]3c3ccccn3)n2)c(OC)c1OC. The van der Waals surface area contributed by atoms with E-state index < -0.39 is 0 Å². The van der Waals surface area contributed by atoms with Crippen LogP contribution in [0.2, 0.25) is 0 Å². The van der Waals surface area contributed by atoms with E-state index >= 15 is 0 Å². The fraction of sp³-hybridized carbons (Fsp3) is 0.409. The summed E-state index contributed by atoms with van der Waals surface area (Å²) < 4.78 is 21.9. The lowest BCUT2D eigenvalue weighted by Gasteiger charge is -2.34. The summed E-state index contributed by atoms with van der Waals surface area (Å²) in [5.41, 5.74) is 1.77. The summed E-state index contributed by atoms with van der Waals surface area (Å²) in [4.78, 5) is 11.5. The van der Waals surface area contributed by atoms with Crippen LogP contribution in [-0.4, -0.2) is 47.9 Å². The van der Waals surface area contributed by atoms with Gasteiger partial charge in [-0.25, -0.2) is 0 Å². The van der Waals surface area contributed by atoms with E-state index in [-0.39, 0.29) is 6.04 Å². The molecule has 3 heterocycles. The third-order valence-electron chi connectivity index (χ3n) is 5.39. The van der Waals surface area contributed by atoms with Crippen molar-refractivity contribution >= 4 is 0 Å². The smallest absolute Gasteiger partial charge is 0.241 e. The van der Waals surface area contributed by atoms with Crippen molar-refractivity contribution in [2.75, 3.05) is 27.9 Å². The van der Waals surface area contributed by atoms with Gasteiger partial charge in [0.1, 0.15) is 0 Å². The second kappa shape index (κ2) is 9.13. The van der Waals surface area contributed by atoms with Crippen molar-refractivity contribution in [1.82, 2.24) is 20.0 Å². The first-order valence-corrected chi connectivity index (χ1v) is 10.0. The summed E-state index contributed by atoms with van der Waals surface area (Å²) in [6.07, 6.45) is 5.25. The van der Waals surface area contributed by atoms with E-state index in [9.17, 15) is 0 Å². The zero-order valence-electron chi connectivity index (χ0n) is 17.5. The Kier molecular flexibility index (Phi) is 6.13. The van der Waals surface area contributed by atoms with Crippen LogP contribution in [0.5, 0.6) is 17.2 Å². The minimum absolute atomic E-state index is 0.255. The number of nitrogens with zero attached hydrogens (tertiary/aromatic N) is 4. The third kappa shape index (κ3) is 3.95. The van der Waals surface area contributed by atoms with Gasteiger partial charge >= 0.3 is 0 Å². The number of pyridine rings is 1. The van der Waals surface area contributed by atoms with Crippen LogP contribution in [0.1, 0.15) is 36.9 Å². The molecule has 158 valence electrons. The van der Waals surface area contributed by atoms with Crippen LogP contribution in [0.4, 0.5) is 0 Å². The van der Waals surface area contributed by atoms with E-state index in [0.717, 1.165) is 25.1 Å². The second-order valence-corrected chi connectivity index (χ2v) is 7.13. The Balaban J connectivity index is 1.59. The van der Waals surface area contributed by atoms with Gasteiger partial charge < -0.3 is 18.7 Å². The average molecular weight is 410 g/mol. The standard InChI is InChI=1S/C22H26N4O4/c1-27-18-11-10-15(20(28-2)21(18)29-3)22-24-19(30-25-22)14-26-13-7-5-9-17(26)16-8-4-6-12-23-16/h4,6,8,10-12,17H,5,7,9,13-14H2,1-3H3/t17-/m0/s1. The Morgan fingerprint density at radius 1 is 1.03 bits per heavy atom. The molecular formula is C22H26N4O4. The maximum atomic E-state index is 5.58. The highest BCUT2D eigenvalue weighted by atomic mass is 16.5. The Labute approximate surface area is 175 Å². The van der Waals surface area contributed by atoms with Crippen molar-refractivity contribution in [2.45, 2.75) is 31.8 Å². The molecule has 0 N–H and O–H groups in total. The molecule has 1 fully saturated rings. The Bertz CT molecular complexity index is 977. The van der Waals surface area contributed by atoms with Crippen LogP contribution in [0.3, 0.4) is 0 Å². The largest absolute Gasteiger partial charge is 0.493 e. The van der Waals surface area contributed by atoms with Gasteiger partial charge in [0.25, 0.3) is 0 Å². The molecular weight excluding hydrogens is 384 g/mol. The van der Waals surface area contributed by atoms with Crippen LogP contribution < -0.4 is 14.2 Å². The van der Waals surface area contributed by atoms with Crippen molar-refractivity contribution in [3.05, 3.63) is 48.1 Å². The molecule has 0 radical (unpaired) electrons. The molecule has 2 aromatic heterocycles. The van der Waals surface area contributed by atoms with Gasteiger partial charge in [0.05, 0.1) is 45.2 Å². The van der Waals surface area contributed by atoms with Crippen LogP contribution in [0.25, 0.3) is 11.4 Å². The lowest BCUT2D eigenvalue weighted by Crippen LogP contribution is -2.33. The summed E-state index contributed by atoms with van der Waals surface area (Å²) in [5.74, 6) is 2.59. The molecule has 1 aliphatic rings. The average Bonchev–Trinajstić information content (AvgIpc) is 3.27. The number of hydrogen-bond donors (Lipinski definition) is 0. The summed E-state index contributed by atoms with van der Waals surface area (Å²) in [6.45, 7) is 1.54. The zero-order chi connectivity index (χ0) is 20.9. The molecule has 0 aliphatic carbocycles. The predicted molar refractivity (Wildman–Crippen MR) is 111 cm³/mol. The highest BCUT2D eigenvalue weighted by Gasteiger charge is 2.27. The molecule has 0 spiro atoms. The third-order valence-corrected chi connectivity index (χ3v) is 5.39. The van der Waals surface area contributed by atoms with Crippen molar-refractivity contribution in [3.63, 3.8) is 0 Å². The van der Waals surface area contributed by atoms with Gasteiger partial charge in [-0.3, -0.25) is 9.88 Å². The van der Waals surface area contributed by atoms with Gasteiger partial charge in [-0.2, -0.15) is 4.98 Å². The van der Waals surface area contributed by atoms with E-state index in [2.05, 4.69) is 26.1 Å². The van der Waals surface area contributed by atoms with Gasteiger partial charge in [-0.15, -0.1) is 0 Å². The monoisotopic (exact) mass is 410 g/mol. The van der Waals surface area contributed by atoms with Gasteiger partial charge in [0.2, 0.25) is 17.5 Å². The minimum atomic E-state index is 0.255. The lowest BCUT2D eigenvalue weighted by molar-refractivity contribution is 0.121. The van der Waals surface area contributed by atoms with Crippen molar-refractivity contribution < 1.29 is 18.7 Å². The molecule has 4 rings (SSSR count). The normalized spacial score (nSPS) is 17.0. The lowest BCUT2D eigenvalue weighted by atomic mass is 9.99. The Hall–Kier alpha value is -3.13. The first-order valence-electron chi connectivity index (χ1n) is 10.0. The number of hydrogen-bond acceptors (Lipinski definition) is 8. The van der Waals surface area contributed by atoms with Crippen LogP contribution in [0, 0.1) is 0 Å². The van der Waals surface area contributed by atoms with Crippen molar-refractivity contribution in [1.29, 1.82) is 0 Å². The molecule has 1 atom stereocenters. The quantitative estimate of drug-likeness (QED) is 0.580. The number of piperidine rings is 1. The van der Waals surface area contributed by atoms with Crippen LogP contribution in [-0.2, 0) is 6.54 Å². The van der Waals surface area contributed by atoms with E-state index in [1.54, 1.807) is 27.4 Å². The van der Waals surface area contributed by atoms with E-state index in [1.165, 1.54) is 6.42 Å². The van der Waals surface area contributed by atoms with Gasteiger partial charge in [0, 0.05) is 6.20 Å². The number of rotatable bonds is 7. The number of benzene rings is 1. The van der Waals surface area contributed by atoms with E-state index in [1.807, 2.05) is 24.4 Å². The molecule has 0 unspecified atom stereocenters. The molecule has 3 aromatic rings. The highest BCUT2D eigenvalue weighted by molar-refractivity contribution is 5.71. The van der Waals surface area contributed by atoms with Crippen LogP contribution >= 0.6 is 0 Å². The molecule has 30 heavy (non-hydrogen) atoms. The summed E-state index contributed by atoms with van der Waals surface area (Å²) in [6, 6.07) is 9.95. The Morgan fingerprint density at radius 2 is 1.90 bits per heavy atom. The highest BCUT2D eigenvalue weighted by Crippen LogP contribution is 2.43. The number of methoxy groups -OCH3 is 3. The van der Waals surface area contributed by atoms with Crippen molar-refractivity contribution in [2.24, 2.45) is 0 Å². The van der Waals surface area contributed by atoms with Gasteiger partial charge in [-0.05, 0) is 43.7 Å². The fourth-order valence-corrected chi connectivity index (χ4v) is 3.97. The van der Waals surface area contributed by atoms with Crippen LogP contribution in [0.15, 0.2) is 41.1 Å². The molecule has 8 nitrogen and oxygen atoms in total.